The van der Waals surface area contributed by atoms with E-state index in [2.05, 4.69) is 10.3 Å². The van der Waals surface area contributed by atoms with Gasteiger partial charge in [-0.1, -0.05) is 12.1 Å². The van der Waals surface area contributed by atoms with Crippen LogP contribution in [0, 0.1) is 13.8 Å². The normalized spacial score (nSPS) is 10.8. The molecule has 5 nitrogen and oxygen atoms in total. The van der Waals surface area contributed by atoms with Crippen molar-refractivity contribution in [3.63, 3.8) is 0 Å². The summed E-state index contributed by atoms with van der Waals surface area (Å²) >= 11 is 0. The Morgan fingerprint density at radius 3 is 2.88 bits per heavy atom. The molecule has 3 aromatic rings. The van der Waals surface area contributed by atoms with Crippen LogP contribution in [0.15, 0.2) is 48.8 Å². The van der Waals surface area contributed by atoms with Gasteiger partial charge in [-0.25, -0.2) is 4.98 Å². The van der Waals surface area contributed by atoms with E-state index in [9.17, 15) is 4.79 Å². The fraction of sp³-hybridized carbons (Fsp3) is 0.263. The molecule has 0 aliphatic carbocycles. The summed E-state index contributed by atoms with van der Waals surface area (Å²) in [7, 11) is 0. The number of hydrogen-bond donors (Lipinski definition) is 1. The third-order valence-electron chi connectivity index (χ3n) is 3.97. The highest BCUT2D eigenvalue weighted by atomic mass is 16.5. The first-order chi connectivity index (χ1) is 11.6. The van der Waals surface area contributed by atoms with Gasteiger partial charge in [-0.15, -0.1) is 0 Å². The number of amides is 1. The van der Waals surface area contributed by atoms with Crippen LogP contribution < -0.4 is 10.1 Å². The van der Waals surface area contributed by atoms with Crippen LogP contribution in [0.25, 0.3) is 5.65 Å². The van der Waals surface area contributed by atoms with E-state index in [1.807, 2.05) is 67.0 Å². The van der Waals surface area contributed by atoms with E-state index < -0.39 is 0 Å². The summed E-state index contributed by atoms with van der Waals surface area (Å²) in [5.74, 6) is 0.589. The quantitative estimate of drug-likeness (QED) is 0.759. The van der Waals surface area contributed by atoms with E-state index in [1.54, 1.807) is 0 Å². The lowest BCUT2D eigenvalue weighted by Crippen LogP contribution is -2.30. The maximum Gasteiger partial charge on any atom is 0.257 e. The Balaban J connectivity index is 1.44. The van der Waals surface area contributed by atoms with Crippen molar-refractivity contribution in [3.05, 3.63) is 65.6 Å². The highest BCUT2D eigenvalue weighted by Crippen LogP contribution is 2.16. The van der Waals surface area contributed by atoms with Gasteiger partial charge >= 0.3 is 0 Å². The molecule has 5 heteroatoms. The fourth-order valence-corrected chi connectivity index (χ4v) is 2.44. The third kappa shape index (κ3) is 3.93. The molecule has 0 atom stereocenters. The van der Waals surface area contributed by atoms with Crippen LogP contribution in [0.1, 0.15) is 16.8 Å². The Kier molecular flexibility index (Phi) is 4.79. The number of imidazole rings is 1. The Morgan fingerprint density at radius 2 is 2.08 bits per heavy atom. The molecule has 1 aromatic carbocycles. The molecule has 2 aromatic heterocycles. The smallest absolute Gasteiger partial charge is 0.257 e. The summed E-state index contributed by atoms with van der Waals surface area (Å²) in [5.41, 5.74) is 4.23. The SMILES string of the molecule is Cc1ccc(OCC(=O)NCCc2cn3ccccc3n2)cc1C. The number of aryl methyl sites for hydroxylation is 2. The molecule has 0 fully saturated rings. The van der Waals surface area contributed by atoms with Crippen molar-refractivity contribution >= 4 is 11.6 Å². The molecule has 24 heavy (non-hydrogen) atoms. The zero-order valence-corrected chi connectivity index (χ0v) is 14.0. The van der Waals surface area contributed by atoms with Crippen LogP contribution in [0.2, 0.25) is 0 Å². The molecule has 1 N–H and O–H groups in total. The second-order valence-corrected chi connectivity index (χ2v) is 5.83. The Bertz CT molecular complexity index is 822. The van der Waals surface area contributed by atoms with Gasteiger partial charge in [-0.3, -0.25) is 4.79 Å². The maximum atomic E-state index is 11.9. The number of hydrogen-bond acceptors (Lipinski definition) is 3. The number of carbonyl (C=O) groups is 1. The third-order valence-corrected chi connectivity index (χ3v) is 3.97. The monoisotopic (exact) mass is 323 g/mol. The predicted molar refractivity (Wildman–Crippen MR) is 93.3 cm³/mol. The van der Waals surface area contributed by atoms with E-state index in [4.69, 9.17) is 4.74 Å². The second-order valence-electron chi connectivity index (χ2n) is 5.83. The molecular formula is C19H21N3O2. The van der Waals surface area contributed by atoms with Crippen molar-refractivity contribution in [1.29, 1.82) is 0 Å². The molecule has 0 spiro atoms. The minimum atomic E-state index is -0.128. The zero-order chi connectivity index (χ0) is 16.9. The molecule has 0 unspecified atom stereocenters. The maximum absolute atomic E-state index is 11.9. The van der Waals surface area contributed by atoms with Crippen molar-refractivity contribution < 1.29 is 9.53 Å². The average molecular weight is 323 g/mol. The van der Waals surface area contributed by atoms with Crippen LogP contribution in [-0.2, 0) is 11.2 Å². The van der Waals surface area contributed by atoms with Gasteiger partial charge in [0.25, 0.3) is 5.91 Å². The van der Waals surface area contributed by atoms with Gasteiger partial charge in [0.05, 0.1) is 5.69 Å². The number of carbonyl (C=O) groups excluding carboxylic acids is 1. The lowest BCUT2D eigenvalue weighted by atomic mass is 10.1. The number of rotatable bonds is 6. The van der Waals surface area contributed by atoms with E-state index in [0.29, 0.717) is 18.7 Å². The molecule has 0 aliphatic rings. The Hall–Kier alpha value is -2.82. The molecule has 0 saturated carbocycles. The number of nitrogens with zero attached hydrogens (tertiary/aromatic N) is 2. The van der Waals surface area contributed by atoms with Crippen molar-refractivity contribution in [1.82, 2.24) is 14.7 Å². The minimum Gasteiger partial charge on any atom is -0.484 e. The zero-order valence-electron chi connectivity index (χ0n) is 14.0. The van der Waals surface area contributed by atoms with Crippen molar-refractivity contribution in [2.24, 2.45) is 0 Å². The highest BCUT2D eigenvalue weighted by Gasteiger charge is 2.05. The molecule has 2 heterocycles. The number of nitrogens with one attached hydrogen (secondary N) is 1. The Morgan fingerprint density at radius 1 is 1.21 bits per heavy atom. The van der Waals surface area contributed by atoms with E-state index in [1.165, 1.54) is 5.56 Å². The van der Waals surface area contributed by atoms with Gasteiger partial charge in [0.2, 0.25) is 0 Å². The van der Waals surface area contributed by atoms with Crippen LogP contribution in [0.4, 0.5) is 0 Å². The lowest BCUT2D eigenvalue weighted by molar-refractivity contribution is -0.123. The molecule has 0 radical (unpaired) electrons. The van der Waals surface area contributed by atoms with Gasteiger partial charge in [0.1, 0.15) is 11.4 Å². The molecule has 0 bridgehead atoms. The summed E-state index contributed by atoms with van der Waals surface area (Å²) < 4.78 is 7.49. The van der Waals surface area contributed by atoms with Gasteiger partial charge in [-0.05, 0) is 49.2 Å². The number of fused-ring (bicyclic) bond motifs is 1. The minimum absolute atomic E-state index is 0.0215. The van der Waals surface area contributed by atoms with Gasteiger partial charge in [-0.2, -0.15) is 0 Å². The van der Waals surface area contributed by atoms with E-state index >= 15 is 0 Å². The highest BCUT2D eigenvalue weighted by molar-refractivity contribution is 5.77. The lowest BCUT2D eigenvalue weighted by Gasteiger charge is -2.08. The number of pyridine rings is 1. The second kappa shape index (κ2) is 7.17. The summed E-state index contributed by atoms with van der Waals surface area (Å²) in [6.07, 6.45) is 4.63. The van der Waals surface area contributed by atoms with Gasteiger partial charge < -0.3 is 14.5 Å². The fourth-order valence-electron chi connectivity index (χ4n) is 2.44. The molecular weight excluding hydrogens is 302 g/mol. The van der Waals surface area contributed by atoms with E-state index in [0.717, 1.165) is 16.9 Å². The summed E-state index contributed by atoms with van der Waals surface area (Å²) in [6.45, 7) is 4.63. The summed E-state index contributed by atoms with van der Waals surface area (Å²) in [6, 6.07) is 11.7. The van der Waals surface area contributed by atoms with Crippen LogP contribution in [-0.4, -0.2) is 28.4 Å². The van der Waals surface area contributed by atoms with E-state index in [-0.39, 0.29) is 12.5 Å². The standard InChI is InChI=1S/C19H21N3O2/c1-14-6-7-17(11-15(14)2)24-13-19(23)20-9-8-16-12-22-10-4-3-5-18(22)21-16/h3-7,10-12H,8-9,13H2,1-2H3,(H,20,23). The first-order valence-electron chi connectivity index (χ1n) is 8.01. The van der Waals surface area contributed by atoms with Gasteiger partial charge in [0, 0.05) is 25.4 Å². The van der Waals surface area contributed by atoms with Crippen LogP contribution in [0.3, 0.4) is 0 Å². The summed E-state index contributed by atoms with van der Waals surface area (Å²) in [5, 5.41) is 2.86. The first kappa shape index (κ1) is 16.1. The molecule has 3 rings (SSSR count). The van der Waals surface area contributed by atoms with Crippen LogP contribution >= 0.6 is 0 Å². The summed E-state index contributed by atoms with van der Waals surface area (Å²) in [4.78, 5) is 16.4. The molecule has 1 amide bonds. The van der Waals surface area contributed by atoms with Crippen molar-refractivity contribution in [2.45, 2.75) is 20.3 Å². The number of benzene rings is 1. The number of aromatic nitrogens is 2. The largest absolute Gasteiger partial charge is 0.484 e. The first-order valence-corrected chi connectivity index (χ1v) is 8.01. The average Bonchev–Trinajstić information content (AvgIpc) is 2.98. The molecule has 124 valence electrons. The predicted octanol–water partition coefficient (Wildman–Crippen LogP) is 2.69. The number of ether oxygens (including phenoxy) is 1. The van der Waals surface area contributed by atoms with Crippen molar-refractivity contribution in [3.8, 4) is 5.75 Å². The van der Waals surface area contributed by atoms with Crippen LogP contribution in [0.5, 0.6) is 5.75 Å². The molecule has 0 saturated heterocycles. The van der Waals surface area contributed by atoms with Crippen molar-refractivity contribution in [2.75, 3.05) is 13.2 Å². The van der Waals surface area contributed by atoms with Gasteiger partial charge in [0.15, 0.2) is 6.61 Å². The Labute approximate surface area is 141 Å². The topological polar surface area (TPSA) is 55.6 Å². The molecule has 0 aliphatic heterocycles.